The molecular formula is C29H22FN3O6S3. The molecule has 4 heterocycles. The van der Waals surface area contributed by atoms with Crippen molar-refractivity contribution >= 4 is 69.5 Å². The molecule has 0 radical (unpaired) electrons. The number of aromatic nitrogens is 1. The van der Waals surface area contributed by atoms with Crippen LogP contribution in [0.15, 0.2) is 75.9 Å². The Bertz CT molecular complexity index is 1750. The Morgan fingerprint density at radius 2 is 1.74 bits per heavy atom. The van der Waals surface area contributed by atoms with Gasteiger partial charge in [-0.15, -0.1) is 11.3 Å². The number of halogens is 1. The molecule has 2 aromatic carbocycles. The van der Waals surface area contributed by atoms with Gasteiger partial charge in [0, 0.05) is 21.4 Å². The van der Waals surface area contributed by atoms with E-state index in [-0.39, 0.29) is 18.0 Å². The van der Waals surface area contributed by atoms with E-state index in [1.54, 1.807) is 6.92 Å². The van der Waals surface area contributed by atoms with Gasteiger partial charge in [0.25, 0.3) is 0 Å². The number of nitrogens with one attached hydrogen (secondary N) is 1. The first kappa shape index (κ1) is 28.1. The van der Waals surface area contributed by atoms with Crippen molar-refractivity contribution in [1.29, 1.82) is 0 Å². The van der Waals surface area contributed by atoms with E-state index in [1.165, 1.54) is 64.4 Å². The Hall–Kier alpha value is -4.07. The molecule has 2 aliphatic heterocycles. The van der Waals surface area contributed by atoms with E-state index in [0.717, 1.165) is 32.9 Å². The number of hydrogen-bond acceptors (Lipinski definition) is 9. The van der Waals surface area contributed by atoms with Gasteiger partial charge in [0.05, 0.1) is 28.8 Å². The first-order valence-electron chi connectivity index (χ1n) is 12.9. The van der Waals surface area contributed by atoms with Crippen LogP contribution < -0.4 is 15.1 Å². The van der Waals surface area contributed by atoms with E-state index in [4.69, 9.17) is 4.74 Å². The lowest BCUT2D eigenvalue weighted by Crippen LogP contribution is -2.32. The van der Waals surface area contributed by atoms with Gasteiger partial charge in [-0.3, -0.25) is 23.7 Å². The molecule has 214 valence electrons. The Labute approximate surface area is 250 Å². The van der Waals surface area contributed by atoms with Crippen LogP contribution in [-0.4, -0.2) is 40.1 Å². The van der Waals surface area contributed by atoms with Crippen molar-refractivity contribution in [3.05, 3.63) is 96.8 Å². The number of thioether (sulfide) groups is 1. The number of carbonyl (C=O) groups excluding carboxylic acids is 4. The quantitative estimate of drug-likeness (QED) is 0.234. The predicted molar refractivity (Wildman–Crippen MR) is 158 cm³/mol. The minimum atomic E-state index is -0.831. The summed E-state index contributed by atoms with van der Waals surface area (Å²) in [7, 11) is 0. The summed E-state index contributed by atoms with van der Waals surface area (Å²) in [6.07, 6.45) is 0. The third-order valence-electron chi connectivity index (χ3n) is 6.97. The highest BCUT2D eigenvalue weighted by atomic mass is 32.2. The normalized spacial score (nSPS) is 19.4. The summed E-state index contributed by atoms with van der Waals surface area (Å²) in [6, 6.07) is 15.1. The van der Waals surface area contributed by atoms with Crippen molar-refractivity contribution in [3.63, 3.8) is 0 Å². The maximum Gasteiger partial charge on any atom is 0.338 e. The minimum absolute atomic E-state index is 0.220. The molecule has 9 nitrogen and oxygen atoms in total. The van der Waals surface area contributed by atoms with Gasteiger partial charge in [0.1, 0.15) is 17.6 Å². The van der Waals surface area contributed by atoms with Crippen LogP contribution in [0.3, 0.4) is 0 Å². The van der Waals surface area contributed by atoms with E-state index in [9.17, 15) is 28.4 Å². The molecule has 4 aromatic rings. The fourth-order valence-electron chi connectivity index (χ4n) is 5.12. The predicted octanol–water partition coefficient (Wildman–Crippen LogP) is 4.72. The average molecular weight is 624 g/mol. The molecule has 0 bridgehead atoms. The molecule has 0 spiro atoms. The van der Waals surface area contributed by atoms with Crippen LogP contribution in [0.2, 0.25) is 0 Å². The van der Waals surface area contributed by atoms with Crippen LogP contribution in [0.4, 0.5) is 15.8 Å². The molecule has 0 aliphatic carbocycles. The molecule has 3 amide bonds. The summed E-state index contributed by atoms with van der Waals surface area (Å²) in [5.74, 6) is -3.59. The van der Waals surface area contributed by atoms with E-state index < -0.39 is 46.6 Å². The third kappa shape index (κ3) is 4.97. The second kappa shape index (κ2) is 11.3. The zero-order chi connectivity index (χ0) is 29.5. The second-order valence-electron chi connectivity index (χ2n) is 9.52. The molecule has 6 rings (SSSR count). The minimum Gasteiger partial charge on any atom is -0.462 e. The first-order chi connectivity index (χ1) is 20.3. The van der Waals surface area contributed by atoms with Crippen molar-refractivity contribution in [2.45, 2.75) is 29.7 Å². The van der Waals surface area contributed by atoms with Crippen molar-refractivity contribution in [3.8, 4) is 0 Å². The highest BCUT2D eigenvalue weighted by Gasteiger charge is 2.57. The number of carbonyl (C=O) groups is 4. The second-order valence-corrected chi connectivity index (χ2v) is 12.6. The number of anilines is 2. The van der Waals surface area contributed by atoms with Gasteiger partial charge in [-0.2, -0.15) is 0 Å². The van der Waals surface area contributed by atoms with Crippen molar-refractivity contribution < 1.29 is 28.3 Å². The molecule has 3 unspecified atom stereocenters. The largest absolute Gasteiger partial charge is 0.462 e. The molecule has 1 fully saturated rings. The number of hydrogen-bond donors (Lipinski definition) is 1. The smallest absolute Gasteiger partial charge is 0.338 e. The molecule has 0 saturated carbocycles. The molecule has 2 aliphatic rings. The SMILES string of the molecule is CCOC(=O)c1ccc(N2C(=O)C3Sc4c(sc(=O)n4CC(=O)Nc4ccc(F)cc4)C(c4cccs4)C3C2=O)cc1. The number of nitrogens with zero attached hydrogens (tertiary/aromatic N) is 2. The van der Waals surface area contributed by atoms with Crippen LogP contribution in [0.1, 0.15) is 33.0 Å². The maximum absolute atomic E-state index is 13.9. The molecule has 1 N–H and O–H groups in total. The number of imide groups is 1. The fraction of sp³-hybridized carbons (Fsp3) is 0.207. The van der Waals surface area contributed by atoms with Gasteiger partial charge < -0.3 is 10.1 Å². The van der Waals surface area contributed by atoms with Gasteiger partial charge in [-0.1, -0.05) is 29.2 Å². The van der Waals surface area contributed by atoms with Gasteiger partial charge in [0.15, 0.2) is 0 Å². The highest BCUT2D eigenvalue weighted by Crippen LogP contribution is 2.54. The summed E-state index contributed by atoms with van der Waals surface area (Å²) in [6.45, 7) is 1.61. The Kier molecular flexibility index (Phi) is 7.56. The lowest BCUT2D eigenvalue weighted by Gasteiger charge is -2.29. The zero-order valence-corrected chi connectivity index (χ0v) is 24.4. The number of amides is 3. The number of ether oxygens (including phenoxy) is 1. The van der Waals surface area contributed by atoms with Gasteiger partial charge >= 0.3 is 10.8 Å². The van der Waals surface area contributed by atoms with E-state index in [0.29, 0.717) is 26.8 Å². The summed E-state index contributed by atoms with van der Waals surface area (Å²) >= 11 is 3.50. The summed E-state index contributed by atoms with van der Waals surface area (Å²) in [5, 5.41) is 4.17. The number of rotatable bonds is 7. The lowest BCUT2D eigenvalue weighted by atomic mass is 9.87. The topological polar surface area (TPSA) is 115 Å². The third-order valence-corrected chi connectivity index (χ3v) is 10.5. The number of thiazole rings is 1. The number of esters is 1. The van der Waals surface area contributed by atoms with Crippen molar-refractivity contribution in [2.24, 2.45) is 5.92 Å². The standard InChI is InChI=1S/C29H22FN3O6S3/c1-2-39-28(37)15-5-11-18(12-6-15)33-25(35)22-21(19-4-3-13-40-19)24-27(41-23(22)26(33)36)32(29(38)42-24)14-20(34)31-17-9-7-16(30)8-10-17/h3-13,21-23H,2,14H2,1H3,(H,31,34). The molecule has 42 heavy (non-hydrogen) atoms. The zero-order valence-electron chi connectivity index (χ0n) is 21.9. The van der Waals surface area contributed by atoms with Crippen LogP contribution in [0.5, 0.6) is 0 Å². The average Bonchev–Trinajstić information content (AvgIpc) is 3.67. The molecule has 13 heteroatoms. The first-order valence-corrected chi connectivity index (χ1v) is 15.5. The molecule has 2 aromatic heterocycles. The number of benzene rings is 2. The Morgan fingerprint density at radius 3 is 2.40 bits per heavy atom. The maximum atomic E-state index is 13.9. The lowest BCUT2D eigenvalue weighted by molar-refractivity contribution is -0.122. The Morgan fingerprint density at radius 1 is 1.00 bits per heavy atom. The molecular weight excluding hydrogens is 602 g/mol. The van der Waals surface area contributed by atoms with E-state index >= 15 is 0 Å². The van der Waals surface area contributed by atoms with Crippen LogP contribution >= 0.6 is 34.4 Å². The monoisotopic (exact) mass is 623 g/mol. The Balaban J connectivity index is 1.34. The van der Waals surface area contributed by atoms with Crippen LogP contribution in [-0.2, 0) is 25.7 Å². The van der Waals surface area contributed by atoms with Gasteiger partial charge in [-0.05, 0) is 66.9 Å². The van der Waals surface area contributed by atoms with Crippen LogP contribution in [0, 0.1) is 11.7 Å². The summed E-state index contributed by atoms with van der Waals surface area (Å²) in [5.41, 5.74) is 1.01. The van der Waals surface area contributed by atoms with E-state index in [1.807, 2.05) is 17.5 Å². The highest BCUT2D eigenvalue weighted by molar-refractivity contribution is 8.00. The molecule has 3 atom stereocenters. The molecule has 1 saturated heterocycles. The fourth-order valence-corrected chi connectivity index (χ4v) is 8.84. The number of thiophene rings is 1. The van der Waals surface area contributed by atoms with Gasteiger partial charge in [-0.25, -0.2) is 14.1 Å². The van der Waals surface area contributed by atoms with Gasteiger partial charge in [0.2, 0.25) is 17.7 Å². The number of fused-ring (bicyclic) bond motifs is 2. The van der Waals surface area contributed by atoms with E-state index in [2.05, 4.69) is 5.32 Å². The summed E-state index contributed by atoms with van der Waals surface area (Å²) in [4.78, 5) is 68.1. The van der Waals surface area contributed by atoms with Crippen molar-refractivity contribution in [2.75, 3.05) is 16.8 Å². The van der Waals surface area contributed by atoms with Crippen molar-refractivity contribution in [1.82, 2.24) is 4.57 Å². The van der Waals surface area contributed by atoms with Crippen LogP contribution in [0.25, 0.3) is 0 Å². The summed E-state index contributed by atoms with van der Waals surface area (Å²) < 4.78 is 19.6.